The first kappa shape index (κ1) is 9.26. The minimum atomic E-state index is 0.219. The Morgan fingerprint density at radius 3 is 3.00 bits per heavy atom. The van der Waals surface area contributed by atoms with Crippen LogP contribution in [0.2, 0.25) is 0 Å². The predicted octanol–water partition coefficient (Wildman–Crippen LogP) is 0.752. The van der Waals surface area contributed by atoms with Crippen molar-refractivity contribution in [2.75, 3.05) is 17.6 Å². The van der Waals surface area contributed by atoms with Crippen LogP contribution in [0.15, 0.2) is 6.20 Å². The zero-order valence-electron chi connectivity index (χ0n) is 7.41. The number of rotatable bonds is 3. The lowest BCUT2D eigenvalue weighted by molar-refractivity contribution is 0.953. The molecule has 0 atom stereocenters. The summed E-state index contributed by atoms with van der Waals surface area (Å²) in [6.07, 6.45) is 2.41. The van der Waals surface area contributed by atoms with Crippen molar-refractivity contribution in [1.29, 1.82) is 5.26 Å². The predicted molar refractivity (Wildman–Crippen MR) is 49.9 cm³/mol. The minimum Gasteiger partial charge on any atom is -0.382 e. The van der Waals surface area contributed by atoms with Gasteiger partial charge in [-0.2, -0.15) is 10.2 Å². The fraction of sp³-hybridized carbons (Fsp3) is 0.375. The molecule has 0 aliphatic rings. The first-order valence-electron chi connectivity index (χ1n) is 4.04. The normalized spacial score (nSPS) is 9.23. The van der Waals surface area contributed by atoms with Gasteiger partial charge in [-0.15, -0.1) is 0 Å². The Morgan fingerprint density at radius 1 is 1.69 bits per heavy atom. The third kappa shape index (κ3) is 2.30. The maximum atomic E-state index is 8.55. The van der Waals surface area contributed by atoms with Crippen molar-refractivity contribution in [3.63, 3.8) is 0 Å². The van der Waals surface area contributed by atoms with E-state index < -0.39 is 0 Å². The van der Waals surface area contributed by atoms with E-state index in [-0.39, 0.29) is 5.82 Å². The highest BCUT2D eigenvalue weighted by atomic mass is 15.1. The summed E-state index contributed by atoms with van der Waals surface area (Å²) in [5.74, 6) is 0.689. The van der Waals surface area contributed by atoms with Gasteiger partial charge in [-0.3, -0.25) is 0 Å². The average Bonchev–Trinajstić information content (AvgIpc) is 2.15. The summed E-state index contributed by atoms with van der Waals surface area (Å²) < 4.78 is 0. The van der Waals surface area contributed by atoms with Crippen molar-refractivity contribution in [2.45, 2.75) is 13.3 Å². The van der Waals surface area contributed by atoms with E-state index in [1.54, 1.807) is 0 Å². The van der Waals surface area contributed by atoms with Crippen molar-refractivity contribution >= 4 is 11.8 Å². The molecule has 68 valence electrons. The highest BCUT2D eigenvalue weighted by Crippen LogP contribution is 2.07. The third-order valence-corrected chi connectivity index (χ3v) is 1.47. The van der Waals surface area contributed by atoms with Gasteiger partial charge in [-0.1, -0.05) is 6.92 Å². The first-order valence-corrected chi connectivity index (χ1v) is 4.04. The Labute approximate surface area is 76.6 Å². The number of nitriles is 1. The second kappa shape index (κ2) is 4.26. The number of nitrogen functional groups attached to an aromatic ring is 1. The average molecular weight is 177 g/mol. The van der Waals surface area contributed by atoms with Gasteiger partial charge in [0.25, 0.3) is 0 Å². The van der Waals surface area contributed by atoms with E-state index in [1.165, 1.54) is 6.20 Å². The van der Waals surface area contributed by atoms with Crippen LogP contribution in [0, 0.1) is 11.3 Å². The van der Waals surface area contributed by atoms with Gasteiger partial charge in [-0.25, -0.2) is 4.98 Å². The van der Waals surface area contributed by atoms with Gasteiger partial charge in [0, 0.05) is 6.54 Å². The highest BCUT2D eigenvalue weighted by molar-refractivity contribution is 5.49. The maximum absolute atomic E-state index is 8.55. The zero-order valence-corrected chi connectivity index (χ0v) is 7.41. The Morgan fingerprint density at radius 2 is 2.46 bits per heavy atom. The molecule has 0 aliphatic heterocycles. The van der Waals surface area contributed by atoms with Crippen LogP contribution >= 0.6 is 0 Å². The molecule has 0 aliphatic carbocycles. The van der Waals surface area contributed by atoms with Gasteiger partial charge < -0.3 is 11.1 Å². The van der Waals surface area contributed by atoms with E-state index >= 15 is 0 Å². The van der Waals surface area contributed by atoms with E-state index in [2.05, 4.69) is 15.3 Å². The number of hydrogen-bond donors (Lipinski definition) is 2. The summed E-state index contributed by atoms with van der Waals surface area (Å²) in [4.78, 5) is 7.84. The summed E-state index contributed by atoms with van der Waals surface area (Å²) in [5, 5.41) is 11.5. The molecular weight excluding hydrogens is 166 g/mol. The van der Waals surface area contributed by atoms with Crippen LogP contribution in [0.1, 0.15) is 18.9 Å². The lowest BCUT2D eigenvalue weighted by Gasteiger charge is -2.03. The van der Waals surface area contributed by atoms with Gasteiger partial charge in [0.05, 0.1) is 6.20 Å². The van der Waals surface area contributed by atoms with Crippen molar-refractivity contribution in [3.05, 3.63) is 11.8 Å². The Balaban J connectivity index is 2.79. The van der Waals surface area contributed by atoms with Crippen molar-refractivity contribution in [2.24, 2.45) is 0 Å². The molecule has 13 heavy (non-hydrogen) atoms. The number of anilines is 2. The zero-order chi connectivity index (χ0) is 9.68. The topological polar surface area (TPSA) is 87.6 Å². The quantitative estimate of drug-likeness (QED) is 0.711. The van der Waals surface area contributed by atoms with E-state index in [0.29, 0.717) is 11.5 Å². The molecule has 1 heterocycles. The molecule has 0 saturated carbocycles. The van der Waals surface area contributed by atoms with Crippen molar-refractivity contribution in [1.82, 2.24) is 9.97 Å². The molecule has 0 spiro atoms. The maximum Gasteiger partial charge on any atom is 0.224 e. The molecule has 5 nitrogen and oxygen atoms in total. The Kier molecular flexibility index (Phi) is 3.03. The molecule has 1 aromatic rings. The first-order chi connectivity index (χ1) is 6.27. The fourth-order valence-corrected chi connectivity index (χ4v) is 0.803. The number of aromatic nitrogens is 2. The molecule has 3 N–H and O–H groups in total. The molecule has 0 radical (unpaired) electrons. The molecule has 0 saturated heterocycles. The van der Waals surface area contributed by atoms with E-state index in [1.807, 2.05) is 13.0 Å². The Hall–Kier alpha value is -1.83. The number of hydrogen-bond acceptors (Lipinski definition) is 5. The van der Waals surface area contributed by atoms with E-state index in [4.69, 9.17) is 11.0 Å². The van der Waals surface area contributed by atoms with Crippen LogP contribution < -0.4 is 11.1 Å². The molecule has 1 aromatic heterocycles. The van der Waals surface area contributed by atoms with E-state index in [9.17, 15) is 0 Å². The Bertz CT molecular complexity index is 328. The molecule has 0 bridgehead atoms. The summed E-state index contributed by atoms with van der Waals surface area (Å²) in [7, 11) is 0. The van der Waals surface area contributed by atoms with Gasteiger partial charge >= 0.3 is 0 Å². The number of nitrogens with zero attached hydrogens (tertiary/aromatic N) is 3. The summed E-state index contributed by atoms with van der Waals surface area (Å²) in [6, 6.07) is 1.90. The minimum absolute atomic E-state index is 0.219. The highest BCUT2D eigenvalue weighted by Gasteiger charge is 2.01. The van der Waals surface area contributed by atoms with Crippen molar-refractivity contribution < 1.29 is 0 Å². The second-order valence-corrected chi connectivity index (χ2v) is 2.53. The lowest BCUT2D eigenvalue weighted by Crippen LogP contribution is -2.06. The monoisotopic (exact) mass is 177 g/mol. The van der Waals surface area contributed by atoms with Crippen LogP contribution in [0.25, 0.3) is 0 Å². The standard InChI is InChI=1S/C8H11N5/c1-2-3-11-8-12-5-6(4-9)7(10)13-8/h5H,2-3H2,1H3,(H3,10,11,12,13). The SMILES string of the molecule is CCCNc1ncc(C#N)c(N)n1. The largest absolute Gasteiger partial charge is 0.382 e. The number of nitrogens with two attached hydrogens (primary N) is 1. The molecule has 0 amide bonds. The van der Waals surface area contributed by atoms with Crippen LogP contribution in [0.5, 0.6) is 0 Å². The summed E-state index contributed by atoms with van der Waals surface area (Å²) in [5.41, 5.74) is 5.80. The molecule has 0 aromatic carbocycles. The molecule has 1 rings (SSSR count). The molecular formula is C8H11N5. The third-order valence-electron chi connectivity index (χ3n) is 1.47. The summed E-state index contributed by atoms with van der Waals surface area (Å²) in [6.45, 7) is 2.84. The van der Waals surface area contributed by atoms with Crippen LogP contribution in [-0.4, -0.2) is 16.5 Å². The number of nitrogens with one attached hydrogen (secondary N) is 1. The van der Waals surface area contributed by atoms with Crippen LogP contribution in [0.3, 0.4) is 0 Å². The lowest BCUT2D eigenvalue weighted by atomic mass is 10.3. The van der Waals surface area contributed by atoms with Gasteiger partial charge in [0.1, 0.15) is 17.5 Å². The molecule has 5 heteroatoms. The van der Waals surface area contributed by atoms with Gasteiger partial charge in [0.15, 0.2) is 0 Å². The molecule has 0 fully saturated rings. The van der Waals surface area contributed by atoms with Crippen molar-refractivity contribution in [3.8, 4) is 6.07 Å². The summed E-state index contributed by atoms with van der Waals surface area (Å²) >= 11 is 0. The van der Waals surface area contributed by atoms with E-state index in [0.717, 1.165) is 13.0 Å². The molecule has 0 unspecified atom stereocenters. The fourth-order valence-electron chi connectivity index (χ4n) is 0.803. The van der Waals surface area contributed by atoms with Crippen LogP contribution in [0.4, 0.5) is 11.8 Å². The smallest absolute Gasteiger partial charge is 0.224 e. The second-order valence-electron chi connectivity index (χ2n) is 2.53. The van der Waals surface area contributed by atoms with Gasteiger partial charge in [-0.05, 0) is 6.42 Å². The van der Waals surface area contributed by atoms with Crippen LogP contribution in [-0.2, 0) is 0 Å². The van der Waals surface area contributed by atoms with Gasteiger partial charge in [0.2, 0.25) is 5.95 Å².